The molecule has 0 radical (unpaired) electrons. The van der Waals surface area contributed by atoms with Crippen LogP contribution in [0.5, 0.6) is 0 Å². The minimum Gasteiger partial charge on any atom is -0.279 e. The molecule has 1 N–H and O–H groups in total. The first kappa shape index (κ1) is 14.0. The molecule has 0 heterocycles. The molecule has 2 rings (SSSR count). The standard InChI is InChI=1S/C13H9ClFN3O2/c14-11-7-12(15)9(6-13(11)18(19)20)8-16-17-10-4-2-1-3-5-10/h1-8,17H. The summed E-state index contributed by atoms with van der Waals surface area (Å²) in [5, 5.41) is 14.3. The number of hydrogen-bond acceptors (Lipinski definition) is 4. The summed E-state index contributed by atoms with van der Waals surface area (Å²) in [7, 11) is 0. The van der Waals surface area contributed by atoms with Gasteiger partial charge >= 0.3 is 0 Å². The number of nitrogens with one attached hydrogen (secondary N) is 1. The molecule has 2 aromatic rings. The Morgan fingerprint density at radius 2 is 2.00 bits per heavy atom. The van der Waals surface area contributed by atoms with Gasteiger partial charge in [-0.1, -0.05) is 29.8 Å². The zero-order valence-corrected chi connectivity index (χ0v) is 10.8. The van der Waals surface area contributed by atoms with Gasteiger partial charge in [-0.2, -0.15) is 5.10 Å². The van der Waals surface area contributed by atoms with Crippen LogP contribution in [-0.4, -0.2) is 11.1 Å². The lowest BCUT2D eigenvalue weighted by Crippen LogP contribution is -1.97. The maximum absolute atomic E-state index is 13.6. The predicted molar refractivity (Wildman–Crippen MR) is 75.7 cm³/mol. The number of rotatable bonds is 4. The molecule has 5 nitrogen and oxygen atoms in total. The number of para-hydroxylation sites is 1. The molecule has 0 amide bonds. The van der Waals surface area contributed by atoms with Crippen LogP contribution in [0.15, 0.2) is 47.6 Å². The number of nitro benzene ring substituents is 1. The quantitative estimate of drug-likeness (QED) is 0.529. The van der Waals surface area contributed by atoms with Crippen LogP contribution in [0.25, 0.3) is 0 Å². The Kier molecular flexibility index (Phi) is 4.27. The van der Waals surface area contributed by atoms with E-state index in [1.54, 1.807) is 12.1 Å². The van der Waals surface area contributed by atoms with Crippen molar-refractivity contribution in [2.24, 2.45) is 5.10 Å². The SMILES string of the molecule is O=[N+]([O-])c1cc(C=NNc2ccccc2)c(F)cc1Cl. The minimum atomic E-state index is -0.681. The summed E-state index contributed by atoms with van der Waals surface area (Å²) in [5.41, 5.74) is 3.01. The van der Waals surface area contributed by atoms with Crippen LogP contribution in [0.3, 0.4) is 0 Å². The third kappa shape index (κ3) is 3.30. The predicted octanol–water partition coefficient (Wildman–Crippen LogP) is 3.83. The maximum atomic E-state index is 13.6. The lowest BCUT2D eigenvalue weighted by atomic mass is 10.2. The maximum Gasteiger partial charge on any atom is 0.288 e. The molecule has 20 heavy (non-hydrogen) atoms. The van der Waals surface area contributed by atoms with Crippen molar-refractivity contribution in [3.05, 3.63) is 69.0 Å². The zero-order chi connectivity index (χ0) is 14.5. The van der Waals surface area contributed by atoms with E-state index in [2.05, 4.69) is 10.5 Å². The van der Waals surface area contributed by atoms with Gasteiger partial charge in [0.1, 0.15) is 10.8 Å². The zero-order valence-electron chi connectivity index (χ0n) is 10.1. The average Bonchev–Trinajstić information content (AvgIpc) is 2.42. The van der Waals surface area contributed by atoms with Gasteiger partial charge in [-0.05, 0) is 12.1 Å². The van der Waals surface area contributed by atoms with Crippen molar-refractivity contribution in [3.63, 3.8) is 0 Å². The fraction of sp³-hybridized carbons (Fsp3) is 0. The van der Waals surface area contributed by atoms with Crippen molar-refractivity contribution in [2.75, 3.05) is 5.43 Å². The van der Waals surface area contributed by atoms with Gasteiger partial charge < -0.3 is 0 Å². The largest absolute Gasteiger partial charge is 0.288 e. The van der Waals surface area contributed by atoms with Crippen LogP contribution in [0.2, 0.25) is 5.02 Å². The molecular weight excluding hydrogens is 285 g/mol. The van der Waals surface area contributed by atoms with E-state index in [-0.39, 0.29) is 16.3 Å². The van der Waals surface area contributed by atoms with Crippen molar-refractivity contribution in [3.8, 4) is 0 Å². The van der Waals surface area contributed by atoms with Gasteiger partial charge in [0, 0.05) is 17.7 Å². The molecular formula is C13H9ClFN3O2. The third-order valence-corrected chi connectivity index (χ3v) is 2.74. The van der Waals surface area contributed by atoms with Gasteiger partial charge in [-0.15, -0.1) is 0 Å². The highest BCUT2D eigenvalue weighted by atomic mass is 35.5. The molecule has 0 saturated heterocycles. The Labute approximate surface area is 118 Å². The molecule has 0 saturated carbocycles. The first-order valence-electron chi connectivity index (χ1n) is 5.55. The van der Waals surface area contributed by atoms with E-state index < -0.39 is 10.7 Å². The molecule has 0 aromatic heterocycles. The molecule has 0 atom stereocenters. The highest BCUT2D eigenvalue weighted by Crippen LogP contribution is 2.26. The van der Waals surface area contributed by atoms with Crippen LogP contribution >= 0.6 is 11.6 Å². The first-order valence-corrected chi connectivity index (χ1v) is 5.93. The molecule has 0 fully saturated rings. The minimum absolute atomic E-state index is 0.0236. The van der Waals surface area contributed by atoms with Crippen LogP contribution in [-0.2, 0) is 0 Å². The molecule has 0 bridgehead atoms. The topological polar surface area (TPSA) is 67.5 Å². The van der Waals surface area contributed by atoms with Gasteiger partial charge in [0.2, 0.25) is 0 Å². The lowest BCUT2D eigenvalue weighted by molar-refractivity contribution is -0.384. The van der Waals surface area contributed by atoms with Crippen molar-refractivity contribution >= 4 is 29.2 Å². The van der Waals surface area contributed by atoms with Crippen molar-refractivity contribution in [1.82, 2.24) is 0 Å². The first-order chi connectivity index (χ1) is 9.58. The van der Waals surface area contributed by atoms with Crippen LogP contribution in [0.4, 0.5) is 15.8 Å². The second kappa shape index (κ2) is 6.12. The number of halogens is 2. The summed E-state index contributed by atoms with van der Waals surface area (Å²) < 4.78 is 13.6. The summed E-state index contributed by atoms with van der Waals surface area (Å²) in [5.74, 6) is -0.681. The van der Waals surface area contributed by atoms with E-state index >= 15 is 0 Å². The number of hydrogen-bond donors (Lipinski definition) is 1. The Bertz CT molecular complexity index is 662. The smallest absolute Gasteiger partial charge is 0.279 e. The highest BCUT2D eigenvalue weighted by molar-refractivity contribution is 6.32. The van der Waals surface area contributed by atoms with E-state index in [4.69, 9.17) is 11.6 Å². The fourth-order valence-corrected chi connectivity index (χ4v) is 1.70. The van der Waals surface area contributed by atoms with E-state index in [1.165, 1.54) is 0 Å². The second-order valence-electron chi connectivity index (χ2n) is 3.82. The van der Waals surface area contributed by atoms with Crippen molar-refractivity contribution in [2.45, 2.75) is 0 Å². The Morgan fingerprint density at radius 1 is 1.30 bits per heavy atom. The van der Waals surface area contributed by atoms with E-state index in [0.717, 1.165) is 18.3 Å². The third-order valence-electron chi connectivity index (χ3n) is 2.43. The molecule has 0 unspecified atom stereocenters. The summed E-state index contributed by atoms with van der Waals surface area (Å²) in [4.78, 5) is 10.0. The van der Waals surface area contributed by atoms with Gasteiger partial charge in [-0.3, -0.25) is 15.5 Å². The number of benzene rings is 2. The number of nitro groups is 1. The highest BCUT2D eigenvalue weighted by Gasteiger charge is 2.15. The molecule has 0 aliphatic carbocycles. The number of hydrazone groups is 1. The fourth-order valence-electron chi connectivity index (χ4n) is 1.48. The lowest BCUT2D eigenvalue weighted by Gasteiger charge is -2.01. The monoisotopic (exact) mass is 293 g/mol. The van der Waals surface area contributed by atoms with E-state index in [1.807, 2.05) is 18.2 Å². The summed E-state index contributed by atoms with van der Waals surface area (Å²) in [6, 6.07) is 10.9. The molecule has 0 aliphatic heterocycles. The number of nitrogens with zero attached hydrogens (tertiary/aromatic N) is 2. The van der Waals surface area contributed by atoms with Crippen molar-refractivity contribution < 1.29 is 9.31 Å². The normalized spacial score (nSPS) is 10.7. The van der Waals surface area contributed by atoms with Gasteiger partial charge in [0.15, 0.2) is 0 Å². The van der Waals surface area contributed by atoms with Crippen molar-refractivity contribution in [1.29, 1.82) is 0 Å². The second-order valence-corrected chi connectivity index (χ2v) is 4.23. The summed E-state index contributed by atoms with van der Waals surface area (Å²) in [6.45, 7) is 0. The van der Waals surface area contributed by atoms with Gasteiger partial charge in [0.25, 0.3) is 5.69 Å². The van der Waals surface area contributed by atoms with Crippen LogP contribution < -0.4 is 5.43 Å². The van der Waals surface area contributed by atoms with E-state index in [9.17, 15) is 14.5 Å². The number of anilines is 1. The molecule has 102 valence electrons. The Balaban J connectivity index is 2.21. The molecule has 7 heteroatoms. The van der Waals surface area contributed by atoms with Gasteiger partial charge in [0.05, 0.1) is 16.8 Å². The summed E-state index contributed by atoms with van der Waals surface area (Å²) in [6.07, 6.45) is 1.16. The molecule has 0 aliphatic rings. The summed E-state index contributed by atoms with van der Waals surface area (Å²) >= 11 is 5.58. The average molecular weight is 294 g/mol. The molecule has 2 aromatic carbocycles. The van der Waals surface area contributed by atoms with Crippen LogP contribution in [0.1, 0.15) is 5.56 Å². The Hall–Kier alpha value is -2.47. The van der Waals surface area contributed by atoms with Gasteiger partial charge in [-0.25, -0.2) is 4.39 Å². The Morgan fingerprint density at radius 3 is 2.65 bits per heavy atom. The van der Waals surface area contributed by atoms with E-state index in [0.29, 0.717) is 5.69 Å². The van der Waals surface area contributed by atoms with Crippen LogP contribution in [0, 0.1) is 15.9 Å². The molecule has 0 spiro atoms.